The van der Waals surface area contributed by atoms with Gasteiger partial charge in [-0.15, -0.1) is 0 Å². The number of amides is 2. The minimum Gasteiger partial charge on any atom is -0.356 e. The van der Waals surface area contributed by atoms with Crippen molar-refractivity contribution in [3.05, 3.63) is 66.2 Å². The van der Waals surface area contributed by atoms with Crippen LogP contribution in [-0.2, 0) is 22.7 Å². The average molecular weight is 533 g/mol. The van der Waals surface area contributed by atoms with Gasteiger partial charge in [-0.25, -0.2) is 9.59 Å². The lowest BCUT2D eigenvalue weighted by Gasteiger charge is -2.07. The normalized spacial score (nSPS) is 10.8. The van der Waals surface area contributed by atoms with Gasteiger partial charge in [0.2, 0.25) is 11.8 Å². The van der Waals surface area contributed by atoms with Crippen molar-refractivity contribution in [2.45, 2.75) is 90.1 Å². The summed E-state index contributed by atoms with van der Waals surface area (Å²) < 4.78 is 2.62. The molecule has 0 saturated carbocycles. The molecular weight excluding hydrogens is 492 g/mol. The highest BCUT2D eigenvalue weighted by Crippen LogP contribution is 2.10. The number of carbonyl (C=O) groups is 2. The number of hydrogen-bond donors (Lipinski definition) is 4. The topological polar surface area (TPSA) is 168 Å². The molecule has 0 fully saturated rings. The number of unbranched alkanes of at least 4 members (excludes halogenated alkanes) is 9. The number of carbonyl (C=O) groups excluding carboxylic acids is 2. The molecule has 0 saturated heterocycles. The molecule has 2 heterocycles. The summed E-state index contributed by atoms with van der Waals surface area (Å²) in [6.45, 7) is 1.72. The minimum atomic E-state index is -0.508. The molecule has 0 unspecified atom stereocenters. The van der Waals surface area contributed by atoms with Gasteiger partial charge < -0.3 is 19.8 Å². The Labute approximate surface area is 220 Å². The predicted molar refractivity (Wildman–Crippen MR) is 144 cm³/mol. The summed E-state index contributed by atoms with van der Waals surface area (Å²) >= 11 is 0. The van der Waals surface area contributed by atoms with Crippen molar-refractivity contribution in [1.82, 2.24) is 29.7 Å². The summed E-state index contributed by atoms with van der Waals surface area (Å²) in [5.74, 6) is -0.212. The molecule has 38 heavy (non-hydrogen) atoms. The fourth-order valence-electron chi connectivity index (χ4n) is 3.98. The van der Waals surface area contributed by atoms with Gasteiger partial charge in [0, 0.05) is 63.5 Å². The van der Waals surface area contributed by atoms with Crippen LogP contribution in [0.2, 0.25) is 0 Å². The quantitative estimate of drug-likeness (QED) is 0.197. The predicted octanol–water partition coefficient (Wildman–Crippen LogP) is 1.00. The summed E-state index contributed by atoms with van der Waals surface area (Å²) in [6.07, 6.45) is 14.2. The second-order valence-corrected chi connectivity index (χ2v) is 9.34. The first-order valence-electron chi connectivity index (χ1n) is 13.5. The smallest absolute Gasteiger partial charge is 0.328 e. The van der Waals surface area contributed by atoms with Crippen LogP contribution in [-0.4, -0.2) is 44.0 Å². The highest BCUT2D eigenvalue weighted by atomic mass is 16.2. The van der Waals surface area contributed by atoms with Gasteiger partial charge in [-0.2, -0.15) is 0 Å². The number of H-pyrrole nitrogens is 2. The molecule has 12 nitrogen and oxygen atoms in total. The Morgan fingerprint density at radius 1 is 0.579 bits per heavy atom. The lowest BCUT2D eigenvalue weighted by molar-refractivity contribution is -0.122. The number of nitrogens with zero attached hydrogens (tertiary/aromatic N) is 2. The molecule has 0 aliphatic rings. The molecule has 0 spiro atoms. The van der Waals surface area contributed by atoms with Gasteiger partial charge in [0.05, 0.1) is 0 Å². The van der Waals surface area contributed by atoms with Gasteiger partial charge in [0.15, 0.2) is 0 Å². The van der Waals surface area contributed by atoms with E-state index in [2.05, 4.69) is 20.6 Å². The molecular formula is C26H40N6O6. The lowest BCUT2D eigenvalue weighted by atomic mass is 10.1. The zero-order chi connectivity index (χ0) is 27.6. The van der Waals surface area contributed by atoms with Crippen molar-refractivity contribution in [1.29, 1.82) is 0 Å². The van der Waals surface area contributed by atoms with Crippen LogP contribution >= 0.6 is 0 Å². The fourth-order valence-corrected chi connectivity index (χ4v) is 3.98. The molecule has 2 aromatic rings. The van der Waals surface area contributed by atoms with E-state index in [1.54, 1.807) is 0 Å². The van der Waals surface area contributed by atoms with Crippen LogP contribution in [0.4, 0.5) is 0 Å². The molecule has 0 atom stereocenters. The van der Waals surface area contributed by atoms with Crippen molar-refractivity contribution in [2.24, 2.45) is 0 Å². The summed E-state index contributed by atoms with van der Waals surface area (Å²) in [5.41, 5.74) is -1.92. The molecule has 0 aromatic carbocycles. The molecule has 4 N–H and O–H groups in total. The van der Waals surface area contributed by atoms with Gasteiger partial charge in [0.25, 0.3) is 11.1 Å². The second kappa shape index (κ2) is 17.7. The highest BCUT2D eigenvalue weighted by Gasteiger charge is 2.04. The molecule has 0 bridgehead atoms. The minimum absolute atomic E-state index is 0.106. The average Bonchev–Trinajstić information content (AvgIpc) is 2.87. The van der Waals surface area contributed by atoms with Crippen molar-refractivity contribution in [2.75, 3.05) is 13.1 Å². The number of hydrogen-bond acceptors (Lipinski definition) is 6. The summed E-state index contributed by atoms with van der Waals surface area (Å²) in [5, 5.41) is 5.73. The van der Waals surface area contributed by atoms with E-state index < -0.39 is 22.5 Å². The maximum atomic E-state index is 11.9. The van der Waals surface area contributed by atoms with Crippen molar-refractivity contribution in [3.63, 3.8) is 0 Å². The van der Waals surface area contributed by atoms with Gasteiger partial charge in [-0.05, 0) is 12.8 Å². The van der Waals surface area contributed by atoms with E-state index in [4.69, 9.17) is 0 Å². The Morgan fingerprint density at radius 2 is 0.921 bits per heavy atom. The van der Waals surface area contributed by atoms with Crippen molar-refractivity contribution in [3.8, 4) is 0 Å². The largest absolute Gasteiger partial charge is 0.356 e. The van der Waals surface area contributed by atoms with Crippen molar-refractivity contribution >= 4 is 11.8 Å². The number of aromatic nitrogens is 4. The Hall–Kier alpha value is -3.70. The van der Waals surface area contributed by atoms with E-state index in [9.17, 15) is 28.8 Å². The third-order valence-corrected chi connectivity index (χ3v) is 6.20. The van der Waals surface area contributed by atoms with Crippen molar-refractivity contribution < 1.29 is 9.59 Å². The zero-order valence-electron chi connectivity index (χ0n) is 22.0. The van der Waals surface area contributed by atoms with Crippen LogP contribution in [0.25, 0.3) is 0 Å². The van der Waals surface area contributed by atoms with Crippen LogP contribution in [0.5, 0.6) is 0 Å². The summed E-state index contributed by atoms with van der Waals surface area (Å²) in [7, 11) is 0. The number of aryl methyl sites for hydroxylation is 2. The number of rotatable bonds is 19. The number of nitrogens with one attached hydrogen (secondary N) is 4. The Bertz CT molecular complexity index is 1130. The molecule has 0 aliphatic heterocycles. The zero-order valence-corrected chi connectivity index (χ0v) is 22.0. The van der Waals surface area contributed by atoms with Gasteiger partial charge >= 0.3 is 11.4 Å². The van der Waals surface area contributed by atoms with Crippen LogP contribution in [0, 0.1) is 0 Å². The standard InChI is InChI=1S/C26H40N6O6/c33-21(11-17-31-19-13-23(35)29-25(31)37)27-15-9-7-5-3-1-2-4-6-8-10-16-28-22(34)12-18-32-20-14-24(36)30-26(32)38/h13-14,19-20H,1-12,15-18H2,(H,27,33)(H,28,34)(H,29,35,37)(H,30,36,38). The van der Waals surface area contributed by atoms with Crippen LogP contribution in [0.15, 0.2) is 43.7 Å². The first kappa shape index (κ1) is 30.5. The molecule has 0 aliphatic carbocycles. The van der Waals surface area contributed by atoms with E-state index in [1.807, 2.05) is 0 Å². The lowest BCUT2D eigenvalue weighted by Crippen LogP contribution is -2.31. The highest BCUT2D eigenvalue weighted by molar-refractivity contribution is 5.76. The molecule has 2 amide bonds. The van der Waals surface area contributed by atoms with E-state index in [0.717, 1.165) is 38.5 Å². The van der Waals surface area contributed by atoms with Gasteiger partial charge in [0.1, 0.15) is 0 Å². The van der Waals surface area contributed by atoms with Crippen LogP contribution < -0.4 is 33.1 Å². The molecule has 2 rings (SSSR count). The first-order chi connectivity index (χ1) is 18.3. The van der Waals surface area contributed by atoms with E-state index in [-0.39, 0.29) is 37.7 Å². The molecule has 0 radical (unpaired) electrons. The maximum absolute atomic E-state index is 11.9. The third kappa shape index (κ3) is 13.0. The monoisotopic (exact) mass is 532 g/mol. The van der Waals surface area contributed by atoms with Crippen LogP contribution in [0.1, 0.15) is 77.0 Å². The van der Waals surface area contributed by atoms with Gasteiger partial charge in [-0.1, -0.05) is 51.4 Å². The van der Waals surface area contributed by atoms with E-state index in [1.165, 1.54) is 59.3 Å². The maximum Gasteiger partial charge on any atom is 0.328 e. The Kier molecular flexibility index (Phi) is 14.2. The summed E-state index contributed by atoms with van der Waals surface area (Å²) in [6, 6.07) is 2.52. The Morgan fingerprint density at radius 3 is 1.26 bits per heavy atom. The second-order valence-electron chi connectivity index (χ2n) is 9.34. The Balaban J connectivity index is 1.34. The molecule has 210 valence electrons. The van der Waals surface area contributed by atoms with E-state index in [0.29, 0.717) is 13.1 Å². The van der Waals surface area contributed by atoms with Crippen LogP contribution in [0.3, 0.4) is 0 Å². The van der Waals surface area contributed by atoms with Gasteiger partial charge in [-0.3, -0.25) is 29.1 Å². The third-order valence-electron chi connectivity index (χ3n) is 6.20. The molecule has 12 heteroatoms. The first-order valence-corrected chi connectivity index (χ1v) is 13.5. The molecule has 2 aromatic heterocycles. The summed E-state index contributed by atoms with van der Waals surface area (Å²) in [4.78, 5) is 73.4. The fraction of sp³-hybridized carbons (Fsp3) is 0.615. The SMILES string of the molecule is O=C(CCn1ccc(=O)[nH]c1=O)NCCCCCCCCCCCCNC(=O)CCn1ccc(=O)[nH]c1=O. The van der Waals surface area contributed by atoms with E-state index >= 15 is 0 Å². The number of aromatic amines is 2.